The fraction of sp³-hybridized carbons (Fsp3) is 0.533. The van der Waals surface area contributed by atoms with E-state index in [-0.39, 0.29) is 5.97 Å². The van der Waals surface area contributed by atoms with Crippen molar-refractivity contribution >= 4 is 11.7 Å². The van der Waals surface area contributed by atoms with Crippen LogP contribution in [0.5, 0.6) is 0 Å². The predicted molar refractivity (Wildman–Crippen MR) is 76.2 cm³/mol. The molecule has 0 aliphatic rings. The van der Waals surface area contributed by atoms with Crippen molar-refractivity contribution in [3.8, 4) is 0 Å². The van der Waals surface area contributed by atoms with E-state index in [0.717, 1.165) is 5.69 Å². The number of methoxy groups -OCH3 is 2. The van der Waals surface area contributed by atoms with Crippen LogP contribution in [-0.2, 0) is 14.3 Å². The number of hydrogen-bond donors (Lipinski definition) is 1. The highest BCUT2D eigenvalue weighted by molar-refractivity contribution is 5.84. The predicted octanol–water partition coefficient (Wildman–Crippen LogP) is 2.85. The van der Waals surface area contributed by atoms with E-state index < -0.39 is 11.1 Å². The quantitative estimate of drug-likeness (QED) is 0.803. The number of carbonyl (C=O) groups is 1. The van der Waals surface area contributed by atoms with Crippen LogP contribution in [0.2, 0.25) is 0 Å². The number of carbonyl (C=O) groups excluding carboxylic acids is 1. The van der Waals surface area contributed by atoms with E-state index in [1.165, 1.54) is 7.11 Å². The molecule has 0 aromatic heterocycles. The molecule has 0 saturated heterocycles. The van der Waals surface area contributed by atoms with Crippen molar-refractivity contribution in [1.29, 1.82) is 0 Å². The van der Waals surface area contributed by atoms with Crippen LogP contribution in [0.3, 0.4) is 0 Å². The van der Waals surface area contributed by atoms with Gasteiger partial charge < -0.3 is 14.8 Å². The number of benzene rings is 1. The molecule has 0 amide bonds. The highest BCUT2D eigenvalue weighted by Gasteiger charge is 2.40. The minimum Gasteiger partial charge on any atom is -0.467 e. The van der Waals surface area contributed by atoms with Crippen molar-refractivity contribution in [3.63, 3.8) is 0 Å². The lowest BCUT2D eigenvalue weighted by Crippen LogP contribution is -2.49. The van der Waals surface area contributed by atoms with Gasteiger partial charge in [-0.05, 0) is 32.9 Å². The van der Waals surface area contributed by atoms with Crippen molar-refractivity contribution in [2.75, 3.05) is 19.5 Å². The van der Waals surface area contributed by atoms with Gasteiger partial charge in [-0.1, -0.05) is 18.2 Å². The molecule has 4 nitrogen and oxygen atoms in total. The zero-order valence-corrected chi connectivity index (χ0v) is 12.3. The lowest BCUT2D eigenvalue weighted by atomic mass is 9.87. The number of para-hydroxylation sites is 1. The van der Waals surface area contributed by atoms with Gasteiger partial charge in [0.2, 0.25) is 0 Å². The fourth-order valence-electron chi connectivity index (χ4n) is 2.16. The van der Waals surface area contributed by atoms with Crippen LogP contribution in [0.1, 0.15) is 27.2 Å². The second-order valence-corrected chi connectivity index (χ2v) is 5.46. The Morgan fingerprint density at radius 3 is 2.21 bits per heavy atom. The van der Waals surface area contributed by atoms with Gasteiger partial charge in [0.15, 0.2) is 0 Å². The molecule has 0 heterocycles. The first-order chi connectivity index (χ1) is 8.83. The molecule has 0 aliphatic carbocycles. The van der Waals surface area contributed by atoms with Crippen LogP contribution in [0.25, 0.3) is 0 Å². The smallest absolute Gasteiger partial charge is 0.331 e. The van der Waals surface area contributed by atoms with Gasteiger partial charge in [-0.15, -0.1) is 0 Å². The van der Waals surface area contributed by atoms with Crippen LogP contribution in [0.4, 0.5) is 5.69 Å². The number of rotatable bonds is 6. The average Bonchev–Trinajstić information content (AvgIpc) is 2.38. The Kier molecular flexibility index (Phi) is 4.95. The minimum atomic E-state index is -0.838. The summed E-state index contributed by atoms with van der Waals surface area (Å²) in [5, 5.41) is 3.24. The fourth-order valence-corrected chi connectivity index (χ4v) is 2.16. The van der Waals surface area contributed by atoms with Gasteiger partial charge in [-0.25, -0.2) is 4.79 Å². The van der Waals surface area contributed by atoms with E-state index in [9.17, 15) is 4.79 Å². The molecule has 0 saturated carbocycles. The maximum atomic E-state index is 12.1. The maximum absolute atomic E-state index is 12.1. The van der Waals surface area contributed by atoms with Gasteiger partial charge in [0.25, 0.3) is 0 Å². The van der Waals surface area contributed by atoms with Crippen molar-refractivity contribution in [1.82, 2.24) is 0 Å². The Hall–Kier alpha value is -1.55. The van der Waals surface area contributed by atoms with Gasteiger partial charge in [-0.2, -0.15) is 0 Å². The average molecular weight is 265 g/mol. The Morgan fingerprint density at radius 1 is 1.16 bits per heavy atom. The topological polar surface area (TPSA) is 47.6 Å². The summed E-state index contributed by atoms with van der Waals surface area (Å²) in [5.74, 6) is -0.304. The third-order valence-electron chi connectivity index (χ3n) is 3.16. The van der Waals surface area contributed by atoms with E-state index in [1.54, 1.807) is 7.11 Å². The van der Waals surface area contributed by atoms with Gasteiger partial charge in [0.1, 0.15) is 5.54 Å². The molecule has 106 valence electrons. The van der Waals surface area contributed by atoms with Crippen molar-refractivity contribution in [2.24, 2.45) is 0 Å². The summed E-state index contributed by atoms with van der Waals surface area (Å²) in [4.78, 5) is 12.1. The summed E-state index contributed by atoms with van der Waals surface area (Å²) in [7, 11) is 3.03. The second-order valence-electron chi connectivity index (χ2n) is 5.46. The third kappa shape index (κ3) is 4.24. The van der Waals surface area contributed by atoms with Crippen LogP contribution >= 0.6 is 0 Å². The summed E-state index contributed by atoms with van der Waals surface area (Å²) in [6.45, 7) is 5.72. The normalized spacial score (nSPS) is 14.6. The summed E-state index contributed by atoms with van der Waals surface area (Å²) < 4.78 is 10.3. The van der Waals surface area contributed by atoms with Crippen molar-refractivity contribution in [2.45, 2.75) is 38.3 Å². The summed E-state index contributed by atoms with van der Waals surface area (Å²) >= 11 is 0. The first-order valence-electron chi connectivity index (χ1n) is 6.30. The number of ether oxygens (including phenoxy) is 2. The van der Waals surface area contributed by atoms with E-state index in [1.807, 2.05) is 51.1 Å². The zero-order chi connectivity index (χ0) is 14.5. The summed E-state index contributed by atoms with van der Waals surface area (Å²) in [6, 6.07) is 9.60. The lowest BCUT2D eigenvalue weighted by Gasteiger charge is -2.35. The highest BCUT2D eigenvalue weighted by atomic mass is 16.5. The molecule has 1 unspecified atom stereocenters. The van der Waals surface area contributed by atoms with E-state index in [4.69, 9.17) is 9.47 Å². The molecule has 1 aromatic rings. The standard InChI is InChI=1S/C15H23NO3/c1-14(2,19-5)11-15(3,13(17)18-4)16-12-9-7-6-8-10-12/h6-10,16H,11H2,1-5H3. The van der Waals surface area contributed by atoms with Crippen molar-refractivity contribution in [3.05, 3.63) is 30.3 Å². The molecular weight excluding hydrogens is 242 g/mol. The van der Waals surface area contributed by atoms with Gasteiger partial charge >= 0.3 is 5.97 Å². The van der Waals surface area contributed by atoms with Crippen LogP contribution in [0, 0.1) is 0 Å². The molecule has 0 aliphatic heterocycles. The molecular formula is C15H23NO3. The molecule has 1 N–H and O–H groups in total. The molecule has 0 bridgehead atoms. The van der Waals surface area contributed by atoms with Gasteiger partial charge in [0, 0.05) is 19.2 Å². The van der Waals surface area contributed by atoms with E-state index in [0.29, 0.717) is 6.42 Å². The summed E-state index contributed by atoms with van der Waals surface area (Å²) in [6.07, 6.45) is 0.498. The van der Waals surface area contributed by atoms with Gasteiger partial charge in [-0.3, -0.25) is 0 Å². The molecule has 1 aromatic carbocycles. The first-order valence-corrected chi connectivity index (χ1v) is 6.30. The maximum Gasteiger partial charge on any atom is 0.331 e. The molecule has 19 heavy (non-hydrogen) atoms. The number of anilines is 1. The van der Waals surface area contributed by atoms with Crippen LogP contribution in [-0.4, -0.2) is 31.3 Å². The molecule has 0 spiro atoms. The molecule has 4 heteroatoms. The van der Waals surface area contributed by atoms with E-state index >= 15 is 0 Å². The SMILES string of the molecule is COC(=O)C(C)(CC(C)(C)OC)Nc1ccccc1. The molecule has 0 radical (unpaired) electrons. The minimum absolute atomic E-state index is 0.304. The Morgan fingerprint density at radius 2 is 1.74 bits per heavy atom. The zero-order valence-electron chi connectivity index (χ0n) is 12.3. The van der Waals surface area contributed by atoms with Gasteiger partial charge in [0.05, 0.1) is 12.7 Å². The second kappa shape index (κ2) is 6.06. The van der Waals surface area contributed by atoms with Crippen LogP contribution < -0.4 is 5.32 Å². The number of nitrogens with one attached hydrogen (secondary N) is 1. The summed E-state index contributed by atoms with van der Waals surface area (Å²) in [5.41, 5.74) is -0.386. The Bertz CT molecular complexity index is 417. The van der Waals surface area contributed by atoms with E-state index in [2.05, 4.69) is 5.32 Å². The largest absolute Gasteiger partial charge is 0.467 e. The molecule has 0 fully saturated rings. The lowest BCUT2D eigenvalue weighted by molar-refractivity contribution is -0.148. The number of esters is 1. The third-order valence-corrected chi connectivity index (χ3v) is 3.16. The Labute approximate surface area is 115 Å². The monoisotopic (exact) mass is 265 g/mol. The first kappa shape index (κ1) is 15.5. The number of hydrogen-bond acceptors (Lipinski definition) is 4. The highest BCUT2D eigenvalue weighted by Crippen LogP contribution is 2.27. The Balaban J connectivity index is 2.97. The molecule has 1 atom stereocenters. The van der Waals surface area contributed by atoms with Crippen molar-refractivity contribution < 1.29 is 14.3 Å². The van der Waals surface area contributed by atoms with Crippen LogP contribution in [0.15, 0.2) is 30.3 Å². The molecule has 1 rings (SSSR count).